The van der Waals surface area contributed by atoms with Crippen molar-refractivity contribution in [2.45, 2.75) is 25.8 Å². The van der Waals surface area contributed by atoms with Crippen LogP contribution in [0.4, 0.5) is 11.5 Å². The zero-order valence-electron chi connectivity index (χ0n) is 12.1. The third-order valence-electron chi connectivity index (χ3n) is 3.58. The molecular weight excluding hydrogens is 256 g/mol. The molecule has 20 heavy (non-hydrogen) atoms. The normalized spacial score (nSPS) is 19.0. The van der Waals surface area contributed by atoms with Gasteiger partial charge in [0, 0.05) is 12.6 Å². The van der Waals surface area contributed by atoms with Crippen LogP contribution in [0, 0.1) is 0 Å². The van der Waals surface area contributed by atoms with Crippen LogP contribution in [0.3, 0.4) is 0 Å². The zero-order chi connectivity index (χ0) is 14.5. The molecule has 2 heterocycles. The number of nitrogens with zero attached hydrogens (tertiary/aromatic N) is 2. The molecule has 3 N–H and O–H groups in total. The Morgan fingerprint density at radius 2 is 2.45 bits per heavy atom. The molecule has 1 aromatic rings. The van der Waals surface area contributed by atoms with Crippen molar-refractivity contribution in [3.8, 4) is 0 Å². The number of pyridine rings is 1. The standard InChI is InChI=1S/C14H22N4O2/c1-3-20-14(19)12-7-10(15)8-16-13(12)17-9-11-5-4-6-18(11)2/h7-8,11H,3-6,9,15H2,1-2H3,(H,16,17). The van der Waals surface area contributed by atoms with Gasteiger partial charge in [-0.15, -0.1) is 0 Å². The third kappa shape index (κ3) is 3.39. The molecule has 1 aliphatic heterocycles. The largest absolute Gasteiger partial charge is 0.462 e. The number of hydrogen-bond acceptors (Lipinski definition) is 6. The summed E-state index contributed by atoms with van der Waals surface area (Å²) < 4.78 is 5.03. The first-order chi connectivity index (χ1) is 9.61. The first-order valence-electron chi connectivity index (χ1n) is 6.98. The van der Waals surface area contributed by atoms with Crippen molar-refractivity contribution in [2.75, 3.05) is 37.8 Å². The summed E-state index contributed by atoms with van der Waals surface area (Å²) in [5.74, 6) is 0.146. The van der Waals surface area contributed by atoms with Gasteiger partial charge >= 0.3 is 5.97 Å². The van der Waals surface area contributed by atoms with E-state index in [9.17, 15) is 4.79 Å². The van der Waals surface area contributed by atoms with Crippen molar-refractivity contribution < 1.29 is 9.53 Å². The molecule has 6 heteroatoms. The maximum atomic E-state index is 11.9. The fourth-order valence-electron chi connectivity index (χ4n) is 2.44. The molecule has 2 rings (SSSR count). The van der Waals surface area contributed by atoms with Crippen LogP contribution in [0.5, 0.6) is 0 Å². The number of hydrogen-bond donors (Lipinski definition) is 2. The molecule has 0 spiro atoms. The molecule has 1 fully saturated rings. The van der Waals surface area contributed by atoms with Gasteiger partial charge in [0.1, 0.15) is 11.4 Å². The fraction of sp³-hybridized carbons (Fsp3) is 0.571. The molecule has 1 unspecified atom stereocenters. The summed E-state index contributed by atoms with van der Waals surface area (Å²) >= 11 is 0. The van der Waals surface area contributed by atoms with E-state index in [0.29, 0.717) is 29.7 Å². The monoisotopic (exact) mass is 278 g/mol. The summed E-state index contributed by atoms with van der Waals surface area (Å²) in [4.78, 5) is 18.4. The highest BCUT2D eigenvalue weighted by atomic mass is 16.5. The number of nitrogens with two attached hydrogens (primary N) is 1. The molecule has 110 valence electrons. The Labute approximate surface area is 119 Å². The maximum absolute atomic E-state index is 11.9. The van der Waals surface area contributed by atoms with E-state index in [2.05, 4.69) is 22.2 Å². The highest BCUT2D eigenvalue weighted by Gasteiger charge is 2.22. The zero-order valence-corrected chi connectivity index (χ0v) is 12.1. The minimum absolute atomic E-state index is 0.332. The van der Waals surface area contributed by atoms with Crippen molar-refractivity contribution in [3.63, 3.8) is 0 Å². The van der Waals surface area contributed by atoms with Gasteiger partial charge < -0.3 is 20.7 Å². The van der Waals surface area contributed by atoms with Gasteiger partial charge in [0.2, 0.25) is 0 Å². The van der Waals surface area contributed by atoms with Crippen molar-refractivity contribution in [1.29, 1.82) is 0 Å². The number of carbonyl (C=O) groups is 1. The molecule has 0 bridgehead atoms. The first-order valence-corrected chi connectivity index (χ1v) is 6.98. The Kier molecular flexibility index (Phi) is 4.79. The summed E-state index contributed by atoms with van der Waals surface area (Å²) in [6.45, 7) is 3.99. The first kappa shape index (κ1) is 14.6. The van der Waals surface area contributed by atoms with Crippen molar-refractivity contribution in [3.05, 3.63) is 17.8 Å². The van der Waals surface area contributed by atoms with Crippen molar-refractivity contribution in [2.24, 2.45) is 0 Å². The van der Waals surface area contributed by atoms with Crippen molar-refractivity contribution in [1.82, 2.24) is 9.88 Å². The summed E-state index contributed by atoms with van der Waals surface area (Å²) in [6.07, 6.45) is 3.92. The quantitative estimate of drug-likeness (QED) is 0.791. The van der Waals surface area contributed by atoms with Gasteiger partial charge in [-0.3, -0.25) is 0 Å². The number of likely N-dealkylation sites (tertiary alicyclic amines) is 1. The Morgan fingerprint density at radius 1 is 1.65 bits per heavy atom. The Bertz CT molecular complexity index is 478. The minimum Gasteiger partial charge on any atom is -0.462 e. The van der Waals surface area contributed by atoms with Crippen LogP contribution in [0.2, 0.25) is 0 Å². The summed E-state index contributed by atoms with van der Waals surface area (Å²) in [7, 11) is 2.11. The van der Waals surface area contributed by atoms with Crippen LogP contribution in [0.15, 0.2) is 12.3 Å². The smallest absolute Gasteiger partial charge is 0.341 e. The molecule has 1 atom stereocenters. The SMILES string of the molecule is CCOC(=O)c1cc(N)cnc1NCC1CCCN1C. The molecular formula is C14H22N4O2. The van der Waals surface area contributed by atoms with Gasteiger partial charge in [0.25, 0.3) is 0 Å². The number of carbonyl (C=O) groups excluding carboxylic acids is 1. The molecule has 0 saturated carbocycles. The van der Waals surface area contributed by atoms with E-state index in [1.807, 2.05) is 0 Å². The number of likely N-dealkylation sites (N-methyl/N-ethyl adjacent to an activating group) is 1. The summed E-state index contributed by atoms with van der Waals surface area (Å²) in [6, 6.07) is 2.08. The van der Waals surface area contributed by atoms with E-state index in [0.717, 1.165) is 19.5 Å². The lowest BCUT2D eigenvalue weighted by Gasteiger charge is -2.20. The number of anilines is 2. The average Bonchev–Trinajstić information content (AvgIpc) is 2.83. The molecule has 1 saturated heterocycles. The summed E-state index contributed by atoms with van der Waals surface area (Å²) in [5.41, 5.74) is 6.55. The lowest BCUT2D eigenvalue weighted by Crippen LogP contribution is -2.32. The Balaban J connectivity index is 2.08. The van der Waals surface area contributed by atoms with E-state index in [-0.39, 0.29) is 0 Å². The van der Waals surface area contributed by atoms with Gasteiger partial charge in [-0.2, -0.15) is 0 Å². The minimum atomic E-state index is -0.394. The molecule has 1 aromatic heterocycles. The third-order valence-corrected chi connectivity index (χ3v) is 3.58. The number of nitrogen functional groups attached to an aromatic ring is 1. The second-order valence-electron chi connectivity index (χ2n) is 5.04. The topological polar surface area (TPSA) is 80.5 Å². The average molecular weight is 278 g/mol. The molecule has 1 aliphatic rings. The molecule has 0 aliphatic carbocycles. The van der Waals surface area contributed by atoms with Gasteiger partial charge in [-0.05, 0) is 39.4 Å². The van der Waals surface area contributed by atoms with Crippen LogP contribution in [0.25, 0.3) is 0 Å². The van der Waals surface area contributed by atoms with E-state index in [4.69, 9.17) is 10.5 Å². The van der Waals surface area contributed by atoms with Crippen molar-refractivity contribution >= 4 is 17.5 Å². The number of aromatic nitrogens is 1. The highest BCUT2D eigenvalue weighted by molar-refractivity contribution is 5.95. The van der Waals surface area contributed by atoms with Crippen LogP contribution in [0.1, 0.15) is 30.1 Å². The molecule has 6 nitrogen and oxygen atoms in total. The second kappa shape index (κ2) is 6.56. The summed E-state index contributed by atoms with van der Waals surface area (Å²) in [5, 5.41) is 3.24. The number of esters is 1. The van der Waals surface area contributed by atoms with Gasteiger partial charge in [-0.1, -0.05) is 0 Å². The lowest BCUT2D eigenvalue weighted by atomic mass is 10.2. The second-order valence-corrected chi connectivity index (χ2v) is 5.04. The predicted molar refractivity (Wildman–Crippen MR) is 78.7 cm³/mol. The predicted octanol–water partition coefficient (Wildman–Crippen LogP) is 1.35. The van der Waals surface area contributed by atoms with Crippen LogP contribution >= 0.6 is 0 Å². The Hall–Kier alpha value is -1.82. The highest BCUT2D eigenvalue weighted by Crippen LogP contribution is 2.19. The van der Waals surface area contributed by atoms with E-state index >= 15 is 0 Å². The molecule has 0 radical (unpaired) electrons. The fourth-order valence-corrected chi connectivity index (χ4v) is 2.44. The van der Waals surface area contributed by atoms with Gasteiger partial charge in [0.05, 0.1) is 18.5 Å². The number of rotatable bonds is 5. The van der Waals surface area contributed by atoms with E-state index < -0.39 is 5.97 Å². The van der Waals surface area contributed by atoms with Gasteiger partial charge in [-0.25, -0.2) is 9.78 Å². The van der Waals surface area contributed by atoms with E-state index in [1.54, 1.807) is 19.2 Å². The number of ether oxygens (including phenoxy) is 1. The van der Waals surface area contributed by atoms with Gasteiger partial charge in [0.15, 0.2) is 0 Å². The van der Waals surface area contributed by atoms with E-state index in [1.165, 1.54) is 6.42 Å². The molecule has 0 aromatic carbocycles. The van der Waals surface area contributed by atoms with Crippen LogP contribution < -0.4 is 11.1 Å². The maximum Gasteiger partial charge on any atom is 0.341 e. The lowest BCUT2D eigenvalue weighted by molar-refractivity contribution is 0.0527. The molecule has 0 amide bonds. The van der Waals surface area contributed by atoms with Crippen LogP contribution in [-0.4, -0.2) is 48.6 Å². The Morgan fingerprint density at radius 3 is 3.10 bits per heavy atom. The number of nitrogens with one attached hydrogen (secondary N) is 1. The van der Waals surface area contributed by atoms with Crippen LogP contribution in [-0.2, 0) is 4.74 Å².